The molecule has 0 spiro atoms. The number of rotatable bonds is 8. The second-order valence-corrected chi connectivity index (χ2v) is 5.29. The molecule has 0 atom stereocenters. The van der Waals surface area contributed by atoms with E-state index in [0.29, 0.717) is 6.61 Å². The van der Waals surface area contributed by atoms with E-state index in [4.69, 9.17) is 9.47 Å². The molecular formula is C20H23NO3. The zero-order valence-corrected chi connectivity index (χ0v) is 14.1. The number of anilines is 1. The SMILES string of the molecule is CCCCOc1ccc(NC(=O)/C=C/c2ccccc2OC)cc1. The highest BCUT2D eigenvalue weighted by atomic mass is 16.5. The number of unbranched alkanes of at least 4 members (excludes halogenated alkanes) is 1. The second-order valence-electron chi connectivity index (χ2n) is 5.29. The Balaban J connectivity index is 1.91. The van der Waals surface area contributed by atoms with Gasteiger partial charge in [-0.25, -0.2) is 0 Å². The van der Waals surface area contributed by atoms with Crippen molar-refractivity contribution in [3.05, 3.63) is 60.2 Å². The normalized spacial score (nSPS) is 10.6. The van der Waals surface area contributed by atoms with Gasteiger partial charge in [0.1, 0.15) is 11.5 Å². The Labute approximate surface area is 143 Å². The van der Waals surface area contributed by atoms with Crippen molar-refractivity contribution in [3.63, 3.8) is 0 Å². The number of carbonyl (C=O) groups is 1. The fourth-order valence-corrected chi connectivity index (χ4v) is 2.12. The van der Waals surface area contributed by atoms with E-state index in [1.807, 2.05) is 48.5 Å². The summed E-state index contributed by atoms with van der Waals surface area (Å²) in [5.74, 6) is 1.35. The molecule has 0 fully saturated rings. The zero-order chi connectivity index (χ0) is 17.2. The fraction of sp³-hybridized carbons (Fsp3) is 0.250. The van der Waals surface area contributed by atoms with Crippen LogP contribution in [0.25, 0.3) is 6.08 Å². The number of hydrogen-bond donors (Lipinski definition) is 1. The average molecular weight is 325 g/mol. The molecule has 0 aliphatic heterocycles. The van der Waals surface area contributed by atoms with Crippen molar-refractivity contribution in [3.8, 4) is 11.5 Å². The van der Waals surface area contributed by atoms with Crippen molar-refractivity contribution in [1.82, 2.24) is 0 Å². The molecule has 2 aromatic carbocycles. The number of nitrogens with one attached hydrogen (secondary N) is 1. The summed E-state index contributed by atoms with van der Waals surface area (Å²) >= 11 is 0. The lowest BCUT2D eigenvalue weighted by Crippen LogP contribution is -2.07. The molecule has 0 aromatic heterocycles. The molecule has 0 unspecified atom stereocenters. The minimum Gasteiger partial charge on any atom is -0.496 e. The molecule has 4 heteroatoms. The van der Waals surface area contributed by atoms with Crippen molar-refractivity contribution in [2.75, 3.05) is 19.0 Å². The molecule has 0 aliphatic rings. The largest absolute Gasteiger partial charge is 0.496 e. The summed E-state index contributed by atoms with van der Waals surface area (Å²) in [5, 5.41) is 2.82. The van der Waals surface area contributed by atoms with E-state index >= 15 is 0 Å². The molecular weight excluding hydrogens is 302 g/mol. The highest BCUT2D eigenvalue weighted by Gasteiger charge is 2.01. The highest BCUT2D eigenvalue weighted by molar-refractivity contribution is 6.02. The first-order valence-corrected chi connectivity index (χ1v) is 8.08. The van der Waals surface area contributed by atoms with Crippen LogP contribution in [0.3, 0.4) is 0 Å². The van der Waals surface area contributed by atoms with E-state index in [-0.39, 0.29) is 5.91 Å². The molecule has 4 nitrogen and oxygen atoms in total. The predicted octanol–water partition coefficient (Wildman–Crippen LogP) is 4.53. The molecule has 126 valence electrons. The molecule has 1 N–H and O–H groups in total. The van der Waals surface area contributed by atoms with Crippen LogP contribution in [-0.2, 0) is 4.79 Å². The summed E-state index contributed by atoms with van der Waals surface area (Å²) in [6, 6.07) is 14.9. The Morgan fingerprint density at radius 3 is 2.58 bits per heavy atom. The molecule has 0 bridgehead atoms. The smallest absolute Gasteiger partial charge is 0.248 e. The molecule has 2 aromatic rings. The molecule has 0 radical (unpaired) electrons. The van der Waals surface area contributed by atoms with Crippen LogP contribution < -0.4 is 14.8 Å². The van der Waals surface area contributed by atoms with Gasteiger partial charge in [-0.3, -0.25) is 4.79 Å². The van der Waals surface area contributed by atoms with Gasteiger partial charge in [0.25, 0.3) is 0 Å². The first-order chi connectivity index (χ1) is 11.7. The Morgan fingerprint density at radius 1 is 1.12 bits per heavy atom. The monoisotopic (exact) mass is 325 g/mol. The third kappa shape index (κ3) is 5.47. The van der Waals surface area contributed by atoms with Crippen LogP contribution in [0, 0.1) is 0 Å². The van der Waals surface area contributed by atoms with Gasteiger partial charge in [-0.2, -0.15) is 0 Å². The average Bonchev–Trinajstić information content (AvgIpc) is 2.62. The molecule has 24 heavy (non-hydrogen) atoms. The van der Waals surface area contributed by atoms with Gasteiger partial charge in [-0.1, -0.05) is 31.5 Å². The summed E-state index contributed by atoms with van der Waals surface area (Å²) < 4.78 is 10.8. The summed E-state index contributed by atoms with van der Waals surface area (Å²) in [4.78, 5) is 12.0. The standard InChI is InChI=1S/C20H23NO3/c1-3-4-15-24-18-12-10-17(11-13-18)21-20(22)14-9-16-7-5-6-8-19(16)23-2/h5-14H,3-4,15H2,1-2H3,(H,21,22)/b14-9+. The Kier molecular flexibility index (Phi) is 6.90. The van der Waals surface area contributed by atoms with Gasteiger partial charge in [-0.15, -0.1) is 0 Å². The van der Waals surface area contributed by atoms with Gasteiger partial charge in [0.05, 0.1) is 13.7 Å². The van der Waals surface area contributed by atoms with Crippen molar-refractivity contribution < 1.29 is 14.3 Å². The summed E-state index contributed by atoms with van der Waals surface area (Å²) in [7, 11) is 1.61. The van der Waals surface area contributed by atoms with Crippen molar-refractivity contribution >= 4 is 17.7 Å². The first kappa shape index (κ1) is 17.6. The number of amides is 1. The van der Waals surface area contributed by atoms with E-state index in [1.165, 1.54) is 6.08 Å². The molecule has 0 aliphatic carbocycles. The summed E-state index contributed by atoms with van der Waals surface area (Å²) in [6.07, 6.45) is 5.36. The third-order valence-corrected chi connectivity index (χ3v) is 3.44. The molecule has 0 saturated heterocycles. The quantitative estimate of drug-likeness (QED) is 0.573. The van der Waals surface area contributed by atoms with E-state index in [9.17, 15) is 4.79 Å². The number of hydrogen-bond acceptors (Lipinski definition) is 3. The minimum atomic E-state index is -0.194. The number of para-hydroxylation sites is 1. The van der Waals surface area contributed by atoms with Gasteiger partial charge in [0.2, 0.25) is 5.91 Å². The van der Waals surface area contributed by atoms with Crippen LogP contribution >= 0.6 is 0 Å². The lowest BCUT2D eigenvalue weighted by Gasteiger charge is -2.07. The van der Waals surface area contributed by atoms with E-state index in [0.717, 1.165) is 35.6 Å². The molecule has 1 amide bonds. The number of methoxy groups -OCH3 is 1. The van der Waals surface area contributed by atoms with Crippen LogP contribution in [0.15, 0.2) is 54.6 Å². The Bertz CT molecular complexity index is 678. The van der Waals surface area contributed by atoms with Crippen molar-refractivity contribution in [2.45, 2.75) is 19.8 Å². The van der Waals surface area contributed by atoms with Crippen LogP contribution in [-0.4, -0.2) is 19.6 Å². The Morgan fingerprint density at radius 2 is 1.88 bits per heavy atom. The maximum absolute atomic E-state index is 12.0. The minimum absolute atomic E-state index is 0.194. The maximum Gasteiger partial charge on any atom is 0.248 e. The van der Waals surface area contributed by atoms with E-state index in [2.05, 4.69) is 12.2 Å². The van der Waals surface area contributed by atoms with Gasteiger partial charge >= 0.3 is 0 Å². The summed E-state index contributed by atoms with van der Waals surface area (Å²) in [5.41, 5.74) is 1.59. The van der Waals surface area contributed by atoms with Crippen LogP contribution in [0.2, 0.25) is 0 Å². The van der Waals surface area contributed by atoms with Crippen molar-refractivity contribution in [2.24, 2.45) is 0 Å². The van der Waals surface area contributed by atoms with Crippen molar-refractivity contribution in [1.29, 1.82) is 0 Å². The van der Waals surface area contributed by atoms with Gasteiger partial charge in [0.15, 0.2) is 0 Å². The topological polar surface area (TPSA) is 47.6 Å². The Hall–Kier alpha value is -2.75. The van der Waals surface area contributed by atoms with Gasteiger partial charge < -0.3 is 14.8 Å². The highest BCUT2D eigenvalue weighted by Crippen LogP contribution is 2.19. The molecule has 0 heterocycles. The lowest BCUT2D eigenvalue weighted by molar-refractivity contribution is -0.111. The zero-order valence-electron chi connectivity index (χ0n) is 14.1. The fourth-order valence-electron chi connectivity index (χ4n) is 2.12. The first-order valence-electron chi connectivity index (χ1n) is 8.08. The van der Waals surface area contributed by atoms with Gasteiger partial charge in [0, 0.05) is 17.3 Å². The van der Waals surface area contributed by atoms with Crippen LogP contribution in [0.4, 0.5) is 5.69 Å². The molecule has 0 saturated carbocycles. The number of carbonyl (C=O) groups excluding carboxylic acids is 1. The van der Waals surface area contributed by atoms with E-state index in [1.54, 1.807) is 13.2 Å². The number of ether oxygens (including phenoxy) is 2. The van der Waals surface area contributed by atoms with E-state index < -0.39 is 0 Å². The lowest BCUT2D eigenvalue weighted by atomic mass is 10.2. The second kappa shape index (κ2) is 9.40. The predicted molar refractivity (Wildman–Crippen MR) is 97.5 cm³/mol. The van der Waals surface area contributed by atoms with Gasteiger partial charge in [-0.05, 0) is 42.8 Å². The third-order valence-electron chi connectivity index (χ3n) is 3.44. The maximum atomic E-state index is 12.0. The molecule has 2 rings (SSSR count). The van der Waals surface area contributed by atoms with Crippen LogP contribution in [0.5, 0.6) is 11.5 Å². The van der Waals surface area contributed by atoms with Crippen LogP contribution in [0.1, 0.15) is 25.3 Å². The summed E-state index contributed by atoms with van der Waals surface area (Å²) in [6.45, 7) is 2.84. The number of benzene rings is 2.